The van der Waals surface area contributed by atoms with Crippen LogP contribution in [0, 0.1) is 0 Å². The normalized spacial score (nSPS) is 18.5. The van der Waals surface area contributed by atoms with Gasteiger partial charge in [-0.1, -0.05) is 34.8 Å². The van der Waals surface area contributed by atoms with Gasteiger partial charge in [-0.2, -0.15) is 0 Å². The number of imidazole rings is 1. The lowest BCUT2D eigenvalue weighted by Gasteiger charge is -2.15. The van der Waals surface area contributed by atoms with Crippen LogP contribution in [0.2, 0.25) is 15.1 Å². The maximum Gasteiger partial charge on any atom is 0.226 e. The van der Waals surface area contributed by atoms with E-state index in [2.05, 4.69) is 10.3 Å². The summed E-state index contributed by atoms with van der Waals surface area (Å²) in [5.41, 5.74) is 2.13. The van der Waals surface area contributed by atoms with Crippen molar-refractivity contribution in [1.29, 1.82) is 0 Å². The highest BCUT2D eigenvalue weighted by Crippen LogP contribution is 2.32. The highest BCUT2D eigenvalue weighted by molar-refractivity contribution is 6.36. The second-order valence-corrected chi connectivity index (χ2v) is 8.66. The quantitative estimate of drug-likeness (QED) is 0.554. The van der Waals surface area contributed by atoms with Crippen molar-refractivity contribution in [3.63, 3.8) is 0 Å². The summed E-state index contributed by atoms with van der Waals surface area (Å²) in [5, 5.41) is 14.5. The molecule has 0 aliphatic heterocycles. The van der Waals surface area contributed by atoms with Crippen molar-refractivity contribution in [2.45, 2.75) is 37.8 Å². The summed E-state index contributed by atoms with van der Waals surface area (Å²) in [6.45, 7) is 0. The Hall–Kier alpha value is -2.05. The van der Waals surface area contributed by atoms with Crippen molar-refractivity contribution in [1.82, 2.24) is 14.9 Å². The first-order valence-electron chi connectivity index (χ1n) is 9.68. The second kappa shape index (κ2) is 8.98. The van der Waals surface area contributed by atoms with Gasteiger partial charge in [0.1, 0.15) is 5.82 Å². The number of nitrogens with one attached hydrogen (secondary N) is 1. The molecule has 1 aliphatic rings. The van der Waals surface area contributed by atoms with Gasteiger partial charge in [-0.25, -0.2) is 4.98 Å². The van der Waals surface area contributed by atoms with Crippen LogP contribution in [0.25, 0.3) is 17.1 Å². The Balaban J connectivity index is 1.66. The molecular formula is C22H20Cl3N3O2. The number of aromatic nitrogens is 2. The van der Waals surface area contributed by atoms with E-state index >= 15 is 0 Å². The molecule has 3 aromatic rings. The molecule has 1 amide bonds. The van der Waals surface area contributed by atoms with Gasteiger partial charge in [-0.3, -0.25) is 9.36 Å². The molecule has 2 aromatic carbocycles. The standard InChI is InChI=1S/C22H20Cl3N3O2/c23-13-4-7-16(8-5-13)28-12-15(11-21(30)27-19-2-1-3-20(19)29)26-22(28)17-9-6-14(24)10-18(17)25/h4-10,12,19-20,29H,1-3,11H2,(H,27,30)/t19-,20-/m0/s1. The fraction of sp³-hybridized carbons (Fsp3) is 0.273. The predicted octanol–water partition coefficient (Wildman–Crippen LogP) is 5.07. The van der Waals surface area contributed by atoms with E-state index in [1.54, 1.807) is 30.3 Å². The number of nitrogens with zero attached hydrogens (tertiary/aromatic N) is 2. The van der Waals surface area contributed by atoms with Gasteiger partial charge >= 0.3 is 0 Å². The number of hydrogen-bond donors (Lipinski definition) is 2. The fourth-order valence-electron chi connectivity index (χ4n) is 3.70. The number of aliphatic hydroxyl groups is 1. The molecule has 0 radical (unpaired) electrons. The molecule has 2 atom stereocenters. The molecule has 1 saturated carbocycles. The van der Waals surface area contributed by atoms with E-state index in [9.17, 15) is 9.90 Å². The minimum Gasteiger partial charge on any atom is -0.391 e. The Kier molecular flexibility index (Phi) is 6.34. The van der Waals surface area contributed by atoms with E-state index in [0.717, 1.165) is 24.9 Å². The van der Waals surface area contributed by atoms with Crippen molar-refractivity contribution < 1.29 is 9.90 Å². The Morgan fingerprint density at radius 1 is 1.10 bits per heavy atom. The van der Waals surface area contributed by atoms with Crippen molar-refractivity contribution in [2.24, 2.45) is 0 Å². The highest BCUT2D eigenvalue weighted by atomic mass is 35.5. The van der Waals surface area contributed by atoms with Gasteiger partial charge in [-0.05, 0) is 61.7 Å². The largest absolute Gasteiger partial charge is 0.391 e. The average molecular weight is 465 g/mol. The fourth-order valence-corrected chi connectivity index (χ4v) is 4.32. The zero-order chi connectivity index (χ0) is 21.3. The molecule has 5 nitrogen and oxygen atoms in total. The van der Waals surface area contributed by atoms with E-state index in [1.807, 2.05) is 22.9 Å². The van der Waals surface area contributed by atoms with Gasteiger partial charge in [0, 0.05) is 27.5 Å². The van der Waals surface area contributed by atoms with Crippen LogP contribution in [0.1, 0.15) is 25.0 Å². The zero-order valence-electron chi connectivity index (χ0n) is 16.0. The number of rotatable bonds is 5. The third-order valence-electron chi connectivity index (χ3n) is 5.20. The number of halogens is 3. The number of aliphatic hydroxyl groups excluding tert-OH is 1. The van der Waals surface area contributed by atoms with Crippen LogP contribution in [0.4, 0.5) is 0 Å². The number of carbonyl (C=O) groups is 1. The van der Waals surface area contributed by atoms with Gasteiger partial charge in [0.25, 0.3) is 0 Å². The molecule has 1 aliphatic carbocycles. The summed E-state index contributed by atoms with van der Waals surface area (Å²) < 4.78 is 1.87. The Morgan fingerprint density at radius 3 is 2.50 bits per heavy atom. The van der Waals surface area contributed by atoms with E-state index < -0.39 is 6.10 Å². The molecule has 0 bridgehead atoms. The van der Waals surface area contributed by atoms with Crippen LogP contribution in [0.15, 0.2) is 48.7 Å². The lowest BCUT2D eigenvalue weighted by Crippen LogP contribution is -2.40. The number of benzene rings is 2. The average Bonchev–Trinajstić information content (AvgIpc) is 3.29. The third kappa shape index (κ3) is 4.65. The van der Waals surface area contributed by atoms with Crippen LogP contribution >= 0.6 is 34.8 Å². The molecule has 8 heteroatoms. The van der Waals surface area contributed by atoms with Gasteiger partial charge < -0.3 is 10.4 Å². The van der Waals surface area contributed by atoms with Crippen molar-refractivity contribution >= 4 is 40.7 Å². The molecule has 1 aromatic heterocycles. The SMILES string of the molecule is O=C(Cc1cn(-c2ccc(Cl)cc2)c(-c2ccc(Cl)cc2Cl)n1)N[C@H]1CCC[C@@H]1O. The molecule has 2 N–H and O–H groups in total. The van der Waals surface area contributed by atoms with E-state index in [0.29, 0.717) is 32.1 Å². The summed E-state index contributed by atoms with van der Waals surface area (Å²) in [6.07, 6.45) is 3.85. The van der Waals surface area contributed by atoms with E-state index in [4.69, 9.17) is 34.8 Å². The minimum atomic E-state index is -0.482. The van der Waals surface area contributed by atoms with Crippen LogP contribution in [-0.2, 0) is 11.2 Å². The number of hydrogen-bond acceptors (Lipinski definition) is 3. The van der Waals surface area contributed by atoms with E-state index in [1.165, 1.54) is 0 Å². The number of amides is 1. The molecule has 4 rings (SSSR count). The molecule has 0 unspecified atom stereocenters. The summed E-state index contributed by atoms with van der Waals surface area (Å²) in [5.74, 6) is 0.429. The van der Waals surface area contributed by atoms with Crippen molar-refractivity contribution in [2.75, 3.05) is 0 Å². The molecule has 0 spiro atoms. The van der Waals surface area contributed by atoms with Gasteiger partial charge in [0.15, 0.2) is 0 Å². The maximum atomic E-state index is 12.5. The molecule has 1 heterocycles. The predicted molar refractivity (Wildman–Crippen MR) is 120 cm³/mol. The van der Waals surface area contributed by atoms with Gasteiger partial charge in [0.05, 0.1) is 29.3 Å². The Bertz CT molecular complexity index is 1070. The summed E-state index contributed by atoms with van der Waals surface area (Å²) >= 11 is 18.5. The van der Waals surface area contributed by atoms with Crippen molar-refractivity contribution in [3.8, 4) is 17.1 Å². The van der Waals surface area contributed by atoms with Crippen LogP contribution < -0.4 is 5.32 Å². The molecule has 156 valence electrons. The topological polar surface area (TPSA) is 67.2 Å². The van der Waals surface area contributed by atoms with Crippen molar-refractivity contribution in [3.05, 3.63) is 69.4 Å². The third-order valence-corrected chi connectivity index (χ3v) is 6.00. The maximum absolute atomic E-state index is 12.5. The highest BCUT2D eigenvalue weighted by Gasteiger charge is 2.27. The smallest absolute Gasteiger partial charge is 0.226 e. The lowest BCUT2D eigenvalue weighted by molar-refractivity contribution is -0.121. The Labute approximate surface area is 189 Å². The lowest BCUT2D eigenvalue weighted by atomic mass is 10.2. The Morgan fingerprint density at radius 2 is 1.83 bits per heavy atom. The summed E-state index contributed by atoms with van der Waals surface area (Å²) in [4.78, 5) is 17.2. The molecule has 1 fully saturated rings. The first kappa shape index (κ1) is 21.2. The van der Waals surface area contributed by atoms with E-state index in [-0.39, 0.29) is 18.4 Å². The number of carbonyl (C=O) groups excluding carboxylic acids is 1. The molecular weight excluding hydrogens is 445 g/mol. The first-order chi connectivity index (χ1) is 14.4. The molecule has 30 heavy (non-hydrogen) atoms. The van der Waals surface area contributed by atoms with Gasteiger partial charge in [-0.15, -0.1) is 0 Å². The van der Waals surface area contributed by atoms with Gasteiger partial charge in [0.2, 0.25) is 5.91 Å². The second-order valence-electron chi connectivity index (χ2n) is 7.38. The monoisotopic (exact) mass is 463 g/mol. The summed E-state index contributed by atoms with van der Waals surface area (Å²) in [6, 6.07) is 12.3. The van der Waals surface area contributed by atoms with Crippen LogP contribution in [-0.4, -0.2) is 32.7 Å². The van der Waals surface area contributed by atoms with Crippen LogP contribution in [0.5, 0.6) is 0 Å². The van der Waals surface area contributed by atoms with Crippen LogP contribution in [0.3, 0.4) is 0 Å². The first-order valence-corrected chi connectivity index (χ1v) is 10.8. The minimum absolute atomic E-state index is 0.0992. The molecule has 0 saturated heterocycles. The zero-order valence-corrected chi connectivity index (χ0v) is 18.3. The summed E-state index contributed by atoms with van der Waals surface area (Å²) in [7, 11) is 0.